The molecule has 2 saturated heterocycles. The fourth-order valence-electron chi connectivity index (χ4n) is 7.33. The molecule has 0 spiro atoms. The molecule has 0 saturated carbocycles. The van der Waals surface area contributed by atoms with Gasteiger partial charge in [-0.05, 0) is 57.2 Å². The van der Waals surface area contributed by atoms with E-state index in [2.05, 4.69) is 10.3 Å². The van der Waals surface area contributed by atoms with Gasteiger partial charge in [-0.3, -0.25) is 14.4 Å². The van der Waals surface area contributed by atoms with E-state index < -0.39 is 89.0 Å². The van der Waals surface area contributed by atoms with Crippen LogP contribution in [0.1, 0.15) is 78.1 Å². The normalized spacial score (nSPS) is 30.1. The van der Waals surface area contributed by atoms with Gasteiger partial charge in [-0.15, -0.1) is 0 Å². The number of methoxy groups -OCH3 is 1. The number of pyridine rings is 1. The molecule has 0 bridgehead atoms. The summed E-state index contributed by atoms with van der Waals surface area (Å²) in [7, 11) is 1.53. The van der Waals surface area contributed by atoms with Crippen molar-refractivity contribution in [3.63, 3.8) is 0 Å². The van der Waals surface area contributed by atoms with Crippen LogP contribution in [0.5, 0.6) is 5.75 Å². The van der Waals surface area contributed by atoms with Crippen molar-refractivity contribution in [3.8, 4) is 5.75 Å². The number of allylic oxidation sites excluding steroid dienone is 8. The Balaban J connectivity index is 1.57. The van der Waals surface area contributed by atoms with Crippen LogP contribution in [0.15, 0.2) is 89.0 Å². The number of H-pyrrole nitrogens is 1. The summed E-state index contributed by atoms with van der Waals surface area (Å²) in [4.78, 5) is 40.3. The molecule has 11 atom stereocenters. The maximum absolute atomic E-state index is 13.3. The average Bonchev–Trinajstić information content (AvgIpc) is 3.45. The number of carbonyl (C=O) groups is 2. The van der Waals surface area contributed by atoms with Gasteiger partial charge in [-0.1, -0.05) is 88.5 Å². The summed E-state index contributed by atoms with van der Waals surface area (Å²) in [6.45, 7) is 12.3. The van der Waals surface area contributed by atoms with Gasteiger partial charge in [0, 0.05) is 31.2 Å². The van der Waals surface area contributed by atoms with Gasteiger partial charge < -0.3 is 55.2 Å². The molecule has 2 fully saturated rings. The Hall–Kier alpha value is -3.99. The Morgan fingerprint density at radius 3 is 2.37 bits per heavy atom. The van der Waals surface area contributed by atoms with Gasteiger partial charge in [0.15, 0.2) is 5.78 Å². The number of Topliss-reactive ketones (excluding diaryl/α,β-unsaturated/α-hetero) is 1. The van der Waals surface area contributed by atoms with Gasteiger partial charge in [0.25, 0.3) is 5.56 Å². The van der Waals surface area contributed by atoms with Gasteiger partial charge in [-0.2, -0.15) is 0 Å². The topological polar surface area (TPSA) is 228 Å². The average molecular weight is 799 g/mol. The number of aliphatic hydroxyl groups excluding tert-OH is 4. The first-order valence-electron chi connectivity index (χ1n) is 19.4. The number of ether oxygens (including phenoxy) is 3. The number of ketones is 1. The Morgan fingerprint density at radius 1 is 1.04 bits per heavy atom. The second-order valence-electron chi connectivity index (χ2n) is 15.3. The zero-order valence-electron chi connectivity index (χ0n) is 34.2. The van der Waals surface area contributed by atoms with Crippen molar-refractivity contribution < 1.29 is 54.4 Å². The number of amides is 1. The second kappa shape index (κ2) is 21.1. The van der Waals surface area contributed by atoms with Crippen molar-refractivity contribution in [2.45, 2.75) is 122 Å². The van der Waals surface area contributed by atoms with E-state index in [1.54, 1.807) is 82.4 Å². The van der Waals surface area contributed by atoms with Crippen molar-refractivity contribution in [2.75, 3.05) is 13.7 Å². The molecule has 0 aliphatic carbocycles. The molecule has 3 heterocycles. The molecule has 14 heteroatoms. The van der Waals surface area contributed by atoms with Crippen LogP contribution in [0.25, 0.3) is 0 Å². The van der Waals surface area contributed by atoms with E-state index in [-0.39, 0.29) is 24.4 Å². The molecule has 8 N–H and O–H groups in total. The Morgan fingerprint density at radius 2 is 1.74 bits per heavy atom. The molecule has 3 rings (SSSR count). The number of unbranched alkanes of at least 4 members (excludes halogenated alkanes) is 1. The lowest BCUT2D eigenvalue weighted by atomic mass is 9.71. The molecule has 0 radical (unpaired) electrons. The number of aliphatic hydroxyl groups is 5. The van der Waals surface area contributed by atoms with Gasteiger partial charge in [-0.25, -0.2) is 0 Å². The summed E-state index contributed by atoms with van der Waals surface area (Å²) >= 11 is 0. The predicted octanol–water partition coefficient (Wildman–Crippen LogP) is 3.30. The minimum Gasteiger partial charge on any atom is -0.507 e. The van der Waals surface area contributed by atoms with Gasteiger partial charge in [0.05, 0.1) is 30.3 Å². The van der Waals surface area contributed by atoms with E-state index >= 15 is 0 Å². The molecular formula is C43H62N2O12. The lowest BCUT2D eigenvalue weighted by Crippen LogP contribution is -2.69. The SMILES string of the molecule is C/C=C/C=C/[C@@H]1O[C@](O)([C@H](CC)C(=O)NC/C=C/C=C(\C)[C@@H](OC)[C@@H](C)[C@@H]2O[C@H](/C=C/CC/C=C(\C)C(=O)c3c(O)cc[nH]c3=O)[C@H](O)[C@@H]2O)[C@H](O)[C@H](O)C1(C)C. The van der Waals surface area contributed by atoms with Gasteiger partial charge in [0.1, 0.15) is 35.7 Å². The molecule has 2 aliphatic heterocycles. The molecule has 57 heavy (non-hydrogen) atoms. The van der Waals surface area contributed by atoms with Crippen LogP contribution in [0.4, 0.5) is 0 Å². The zero-order valence-corrected chi connectivity index (χ0v) is 34.2. The first-order chi connectivity index (χ1) is 26.9. The minimum atomic E-state index is -2.34. The van der Waals surface area contributed by atoms with Crippen LogP contribution in [0.2, 0.25) is 0 Å². The van der Waals surface area contributed by atoms with E-state index in [9.17, 15) is 45.0 Å². The van der Waals surface area contributed by atoms with Crippen molar-refractivity contribution in [1.29, 1.82) is 0 Å². The highest BCUT2D eigenvalue weighted by Crippen LogP contribution is 2.44. The number of aromatic amines is 1. The van der Waals surface area contributed by atoms with E-state index in [1.165, 1.54) is 19.4 Å². The molecule has 0 unspecified atom stereocenters. The van der Waals surface area contributed by atoms with Crippen LogP contribution in [0.3, 0.4) is 0 Å². The molecule has 1 amide bonds. The number of carbonyl (C=O) groups excluding carboxylic acids is 2. The van der Waals surface area contributed by atoms with Gasteiger partial charge >= 0.3 is 0 Å². The fraction of sp³-hybridized carbons (Fsp3) is 0.558. The molecule has 2 aliphatic rings. The quantitative estimate of drug-likeness (QED) is 0.0352. The largest absolute Gasteiger partial charge is 0.507 e. The molecular weight excluding hydrogens is 736 g/mol. The third-order valence-electron chi connectivity index (χ3n) is 10.9. The van der Waals surface area contributed by atoms with E-state index in [1.807, 2.05) is 26.8 Å². The Labute approximate surface area is 335 Å². The maximum Gasteiger partial charge on any atom is 0.262 e. The van der Waals surface area contributed by atoms with Crippen molar-refractivity contribution in [2.24, 2.45) is 17.3 Å². The van der Waals surface area contributed by atoms with Crippen LogP contribution in [-0.2, 0) is 19.0 Å². The third-order valence-corrected chi connectivity index (χ3v) is 10.9. The number of hydrogen-bond donors (Lipinski definition) is 8. The van der Waals surface area contributed by atoms with Crippen LogP contribution >= 0.6 is 0 Å². The summed E-state index contributed by atoms with van der Waals surface area (Å²) in [5.74, 6) is -5.44. The van der Waals surface area contributed by atoms with Crippen LogP contribution in [-0.4, -0.2) is 116 Å². The smallest absolute Gasteiger partial charge is 0.262 e. The molecule has 1 aromatic heterocycles. The summed E-state index contributed by atoms with van der Waals surface area (Å²) in [5, 5.41) is 67.9. The fourth-order valence-corrected chi connectivity index (χ4v) is 7.33. The lowest BCUT2D eigenvalue weighted by Gasteiger charge is -2.53. The second-order valence-corrected chi connectivity index (χ2v) is 15.3. The van der Waals surface area contributed by atoms with Crippen LogP contribution in [0, 0.1) is 17.3 Å². The number of rotatable bonds is 18. The van der Waals surface area contributed by atoms with Gasteiger partial charge in [0.2, 0.25) is 11.7 Å². The Kier molecular flexibility index (Phi) is 17.6. The predicted molar refractivity (Wildman–Crippen MR) is 215 cm³/mol. The summed E-state index contributed by atoms with van der Waals surface area (Å²) in [6, 6.07) is 1.24. The number of aromatic nitrogens is 1. The Bertz CT molecular complexity index is 1760. The minimum absolute atomic E-state index is 0.0872. The highest BCUT2D eigenvalue weighted by molar-refractivity contribution is 6.09. The van der Waals surface area contributed by atoms with E-state index in [0.29, 0.717) is 18.4 Å². The highest BCUT2D eigenvalue weighted by Gasteiger charge is 2.60. The highest BCUT2D eigenvalue weighted by atomic mass is 16.7. The molecule has 0 aromatic carbocycles. The summed E-state index contributed by atoms with van der Waals surface area (Å²) < 4.78 is 17.8. The number of hydrogen-bond acceptors (Lipinski definition) is 12. The number of nitrogens with one attached hydrogen (secondary N) is 2. The van der Waals surface area contributed by atoms with E-state index in [0.717, 1.165) is 5.57 Å². The zero-order chi connectivity index (χ0) is 42.7. The standard InChI is InChI=1S/C43H62N2O12/c1-9-11-13-21-31-42(6,7)38(50)39(51)43(54,57-31)28(10-2)40(52)44-23-17-16-19-26(4)36(55-8)27(5)37-35(49)34(48)30(56-37)20-15-12-14-18-25(3)33(47)32-29(46)22-24-45-41(32)53/h9,11,13,15-22,24,27-28,30-31,34-39,48-51,54H,10,12,14,23H2,1-8H3,(H,44,52)(H2,45,46,53)/b11-9+,17-16+,20-15+,21-13+,25-18+,26-19+/t27-,28-,30-,31+,34+,35+,36-,37+,38+,39-,43-/m1/s1. The third kappa shape index (κ3) is 11.1. The maximum atomic E-state index is 13.3. The van der Waals surface area contributed by atoms with Crippen LogP contribution < -0.4 is 10.9 Å². The first-order valence-corrected chi connectivity index (χ1v) is 19.4. The summed E-state index contributed by atoms with van der Waals surface area (Å²) in [5.41, 5.74) is -0.857. The summed E-state index contributed by atoms with van der Waals surface area (Å²) in [6.07, 6.45) is 11.2. The van der Waals surface area contributed by atoms with Crippen molar-refractivity contribution >= 4 is 11.7 Å². The first kappa shape index (κ1) is 47.4. The van der Waals surface area contributed by atoms with E-state index in [4.69, 9.17) is 14.2 Å². The molecule has 1 aromatic rings. The number of aromatic hydroxyl groups is 1. The monoisotopic (exact) mass is 798 g/mol. The van der Waals surface area contributed by atoms with Crippen molar-refractivity contribution in [1.82, 2.24) is 10.3 Å². The molecule has 14 nitrogen and oxygen atoms in total. The molecule has 316 valence electrons. The lowest BCUT2D eigenvalue weighted by molar-refractivity contribution is -0.359. The van der Waals surface area contributed by atoms with Crippen molar-refractivity contribution in [3.05, 3.63) is 100 Å².